The number of fused-ring (bicyclic) bond motifs is 3. The zero-order valence-corrected chi connectivity index (χ0v) is 18.2. The van der Waals surface area contributed by atoms with Gasteiger partial charge in [-0.25, -0.2) is 17.6 Å². The molecule has 0 radical (unpaired) electrons. The number of sulfone groups is 1. The van der Waals surface area contributed by atoms with Crippen LogP contribution >= 0.6 is 11.6 Å². The van der Waals surface area contributed by atoms with Gasteiger partial charge in [0.25, 0.3) is 10.9 Å². The van der Waals surface area contributed by atoms with E-state index < -0.39 is 38.8 Å². The highest BCUT2D eigenvalue weighted by molar-refractivity contribution is 7.92. The van der Waals surface area contributed by atoms with Gasteiger partial charge in [-0.15, -0.1) is 0 Å². The minimum atomic E-state index is -4.72. The van der Waals surface area contributed by atoms with Gasteiger partial charge in [-0.3, -0.25) is 0 Å². The largest absolute Gasteiger partial charge is 0.513 e. The van der Waals surface area contributed by atoms with Crippen LogP contribution in [0.25, 0.3) is 10.9 Å². The Morgan fingerprint density at radius 1 is 1.24 bits per heavy atom. The van der Waals surface area contributed by atoms with Crippen LogP contribution < -0.4 is 4.74 Å². The van der Waals surface area contributed by atoms with Gasteiger partial charge in [0.15, 0.2) is 0 Å². The number of halogens is 2. The van der Waals surface area contributed by atoms with Crippen LogP contribution in [0.1, 0.15) is 17.1 Å². The first kappa shape index (κ1) is 21.4. The number of aromatic amines is 1. The van der Waals surface area contributed by atoms with Crippen molar-refractivity contribution in [3.05, 3.63) is 70.7 Å². The number of benzene rings is 2. The molecule has 33 heavy (non-hydrogen) atoms. The first-order valence-corrected chi connectivity index (χ1v) is 11.6. The van der Waals surface area contributed by atoms with Crippen molar-refractivity contribution in [3.8, 4) is 6.01 Å². The van der Waals surface area contributed by atoms with Crippen molar-refractivity contribution in [2.45, 2.75) is 22.7 Å². The molecule has 2 atom stereocenters. The zero-order chi connectivity index (χ0) is 23.4. The zero-order valence-electron chi connectivity index (χ0n) is 16.7. The highest BCUT2D eigenvalue weighted by atomic mass is 35.5. The van der Waals surface area contributed by atoms with Crippen molar-refractivity contribution >= 4 is 38.5 Å². The minimum Gasteiger partial charge on any atom is -0.449 e. The maximum absolute atomic E-state index is 16.9. The second-order valence-corrected chi connectivity index (χ2v) is 10.1. The van der Waals surface area contributed by atoms with E-state index in [9.17, 15) is 13.2 Å². The summed E-state index contributed by atoms with van der Waals surface area (Å²) < 4.78 is 53.3. The lowest BCUT2D eigenvalue weighted by Gasteiger charge is -2.27. The Hall–Kier alpha value is -3.44. The van der Waals surface area contributed by atoms with E-state index in [0.717, 1.165) is 16.5 Å². The Kier molecular flexibility index (Phi) is 4.91. The fourth-order valence-corrected chi connectivity index (χ4v) is 6.21. The van der Waals surface area contributed by atoms with E-state index in [0.29, 0.717) is 10.7 Å². The van der Waals surface area contributed by atoms with Gasteiger partial charge in [0, 0.05) is 27.5 Å². The number of ether oxygens (including phenoxy) is 1. The minimum absolute atomic E-state index is 0.0295. The molecule has 0 amide bonds. The Bertz CT molecular complexity index is 1490. The lowest BCUT2D eigenvalue weighted by atomic mass is 9.98. The number of hydrogen-bond donors (Lipinski definition) is 2. The molecular formula is C21H15ClFN3O6S. The molecule has 1 aliphatic carbocycles. The van der Waals surface area contributed by atoms with Gasteiger partial charge >= 0.3 is 12.2 Å². The van der Waals surface area contributed by atoms with Gasteiger partial charge in [-0.1, -0.05) is 29.8 Å². The maximum atomic E-state index is 16.9. The number of rotatable bonds is 5. The monoisotopic (exact) mass is 491 g/mol. The molecule has 0 spiro atoms. The third-order valence-corrected chi connectivity index (χ3v) is 8.12. The quantitative estimate of drug-likeness (QED) is 0.395. The first-order valence-electron chi connectivity index (χ1n) is 9.72. The number of carbonyl (C=O) groups is 1. The highest BCUT2D eigenvalue weighted by Gasteiger charge is 2.59. The molecule has 2 N–H and O–H groups in total. The Morgan fingerprint density at radius 2 is 2.00 bits per heavy atom. The molecule has 5 rings (SSSR count). The van der Waals surface area contributed by atoms with Gasteiger partial charge in [-0.2, -0.15) is 4.98 Å². The average molecular weight is 492 g/mol. The summed E-state index contributed by atoms with van der Waals surface area (Å²) in [5.41, 5.74) is 2.21. The summed E-state index contributed by atoms with van der Waals surface area (Å²) in [4.78, 5) is 17.3. The molecule has 0 bridgehead atoms. The van der Waals surface area contributed by atoms with Crippen molar-refractivity contribution in [3.63, 3.8) is 0 Å². The molecule has 170 valence electrons. The fourth-order valence-electron chi connectivity index (χ4n) is 4.26. The van der Waals surface area contributed by atoms with Crippen LogP contribution in [0.2, 0.25) is 5.02 Å². The summed E-state index contributed by atoms with van der Waals surface area (Å²) in [6.07, 6.45) is -1.69. The van der Waals surface area contributed by atoms with Gasteiger partial charge in [-0.05, 0) is 53.9 Å². The van der Waals surface area contributed by atoms with Crippen LogP contribution in [-0.2, 0) is 27.7 Å². The number of H-pyrrole nitrogens is 1. The van der Waals surface area contributed by atoms with Gasteiger partial charge < -0.3 is 19.4 Å². The molecule has 9 nitrogen and oxygen atoms in total. The smallest absolute Gasteiger partial charge is 0.449 e. The van der Waals surface area contributed by atoms with E-state index >= 15 is 4.39 Å². The van der Waals surface area contributed by atoms with Crippen LogP contribution in [0, 0.1) is 5.92 Å². The summed E-state index contributed by atoms with van der Waals surface area (Å²) in [5, 5.41) is 10.1. The first-order chi connectivity index (χ1) is 15.7. The van der Waals surface area contributed by atoms with Crippen molar-refractivity contribution < 1.29 is 32.0 Å². The van der Waals surface area contributed by atoms with E-state index in [1.807, 2.05) is 0 Å². The summed E-state index contributed by atoms with van der Waals surface area (Å²) in [6.45, 7) is 0. The molecule has 1 aliphatic rings. The van der Waals surface area contributed by atoms with E-state index in [2.05, 4.69) is 19.9 Å². The number of alkyl halides is 1. The predicted molar refractivity (Wildman–Crippen MR) is 114 cm³/mol. The summed E-state index contributed by atoms with van der Waals surface area (Å²) in [7, 11) is -4.72. The molecule has 2 aromatic heterocycles. The third-order valence-electron chi connectivity index (χ3n) is 5.70. The predicted octanol–water partition coefficient (Wildman–Crippen LogP) is 4.27. The number of aromatic nitrogens is 3. The van der Waals surface area contributed by atoms with E-state index in [1.54, 1.807) is 24.3 Å². The molecule has 2 aromatic carbocycles. The van der Waals surface area contributed by atoms with Crippen molar-refractivity contribution in [2.75, 3.05) is 0 Å². The van der Waals surface area contributed by atoms with Gasteiger partial charge in [0.1, 0.15) is 0 Å². The molecule has 0 saturated carbocycles. The molecule has 12 heteroatoms. The Balaban J connectivity index is 1.63. The standard InChI is InChI=1S/C21H15ClFN3O6S/c22-12-6-7-16-15(10-12)14-8-11(9-17(14)24-16)21(23,18-25-19(26-32-18)31-20(27)28)33(29,30)13-4-2-1-3-5-13/h1-7,10-11,24H,8-9H2,(H,27,28). The lowest BCUT2D eigenvalue weighted by molar-refractivity contribution is 0.127. The van der Waals surface area contributed by atoms with Gasteiger partial charge in [0.2, 0.25) is 9.84 Å². The summed E-state index contributed by atoms with van der Waals surface area (Å²) in [6, 6.07) is 11.5. The Morgan fingerprint density at radius 3 is 2.73 bits per heavy atom. The van der Waals surface area contributed by atoms with E-state index in [1.165, 1.54) is 24.3 Å². The van der Waals surface area contributed by atoms with Crippen LogP contribution in [0.4, 0.5) is 9.18 Å². The van der Waals surface area contributed by atoms with Crippen molar-refractivity contribution in [1.82, 2.24) is 15.1 Å². The topological polar surface area (TPSA) is 135 Å². The van der Waals surface area contributed by atoms with E-state index in [4.69, 9.17) is 21.2 Å². The SMILES string of the molecule is O=C(O)Oc1noc(C(F)(C2Cc3[nH]c4ccc(Cl)cc4c3C2)S(=O)(=O)c2ccccc2)n1. The Labute approximate surface area is 191 Å². The summed E-state index contributed by atoms with van der Waals surface area (Å²) in [5.74, 6) is -2.05. The number of nitrogens with one attached hydrogen (secondary N) is 1. The third kappa shape index (κ3) is 3.35. The molecule has 2 heterocycles. The second kappa shape index (κ2) is 7.56. The lowest BCUT2D eigenvalue weighted by Crippen LogP contribution is -2.40. The average Bonchev–Trinajstić information content (AvgIpc) is 3.48. The van der Waals surface area contributed by atoms with Crippen molar-refractivity contribution in [2.24, 2.45) is 5.92 Å². The molecule has 2 unspecified atom stereocenters. The number of hydrogen-bond acceptors (Lipinski definition) is 7. The van der Waals surface area contributed by atoms with Crippen LogP contribution in [0.15, 0.2) is 57.9 Å². The van der Waals surface area contributed by atoms with Crippen LogP contribution in [-0.4, -0.2) is 34.8 Å². The molecular weight excluding hydrogens is 477 g/mol. The molecule has 0 fully saturated rings. The van der Waals surface area contributed by atoms with Crippen LogP contribution in [0.3, 0.4) is 0 Å². The number of nitrogens with zero attached hydrogens (tertiary/aromatic N) is 2. The highest BCUT2D eigenvalue weighted by Crippen LogP contribution is 2.49. The maximum Gasteiger partial charge on any atom is 0.513 e. The van der Waals surface area contributed by atoms with Crippen LogP contribution in [0.5, 0.6) is 6.01 Å². The molecule has 0 saturated heterocycles. The van der Waals surface area contributed by atoms with Gasteiger partial charge in [0.05, 0.1) is 4.90 Å². The fraction of sp³-hybridized carbons (Fsp3) is 0.190. The molecule has 4 aromatic rings. The summed E-state index contributed by atoms with van der Waals surface area (Å²) >= 11 is 6.12. The normalized spacial score (nSPS) is 17.6. The second-order valence-electron chi connectivity index (χ2n) is 7.59. The number of carboxylic acid groups (broad SMARTS) is 1. The van der Waals surface area contributed by atoms with Crippen molar-refractivity contribution in [1.29, 1.82) is 0 Å². The molecule has 0 aliphatic heterocycles. The van der Waals surface area contributed by atoms with E-state index in [-0.39, 0.29) is 17.7 Å².